The molecule has 79 heavy (non-hydrogen) atoms. The van der Waals surface area contributed by atoms with Crippen molar-refractivity contribution in [3.05, 3.63) is 17.2 Å². The first-order valence-electron chi connectivity index (χ1n) is 29.2. The number of nitrogens with two attached hydrogens (primary N) is 2. The molecule has 0 atom stereocenters. The van der Waals surface area contributed by atoms with Crippen LogP contribution in [-0.4, -0.2) is 258 Å². The standard InChI is InChI=1S/C55H107N7O17/c1-4-5-7-51-61-52(54(57)58)53(55(59)79-48(2)3)62(51)47-50-10-8-49(9-11-50)46-60-13-6-14-63-16-18-65-20-22-67-24-26-69-28-30-71-32-34-73-36-38-75-40-42-77-44-45-78-43-41-76-39-37-74-35-33-72-31-29-70-27-25-68-23-21-66-19-17-64-15-12-56/h48-50,59-60H,4-47,56H2,1-3H3,(H3,57,58). The van der Waals surface area contributed by atoms with Gasteiger partial charge >= 0.3 is 0 Å². The van der Waals surface area contributed by atoms with Crippen molar-refractivity contribution in [2.24, 2.45) is 23.3 Å². The van der Waals surface area contributed by atoms with Crippen molar-refractivity contribution in [2.75, 3.05) is 231 Å². The number of ether oxygens (including phenoxy) is 17. The topological polar surface area (TPSA) is 286 Å². The number of amidine groups is 1. The predicted octanol–water partition coefficient (Wildman–Crippen LogP) is 3.27. The molecule has 1 fully saturated rings. The van der Waals surface area contributed by atoms with Gasteiger partial charge in [0.15, 0.2) is 0 Å². The van der Waals surface area contributed by atoms with Crippen LogP contribution >= 0.6 is 0 Å². The lowest BCUT2D eigenvalue weighted by molar-refractivity contribution is -0.0304. The van der Waals surface area contributed by atoms with Gasteiger partial charge in [-0.05, 0) is 77.3 Å². The molecule has 7 N–H and O–H groups in total. The Hall–Kier alpha value is -2.57. The molecule has 1 aromatic heterocycles. The highest BCUT2D eigenvalue weighted by Gasteiger charge is 2.28. The first kappa shape index (κ1) is 72.5. The molecular formula is C55H107N7O17. The number of unbranched alkanes of at least 4 members (excludes halogenated alkanes) is 1. The summed E-state index contributed by atoms with van der Waals surface area (Å²) in [5.74, 6) is 1.96. The number of hydrogen-bond donors (Lipinski definition) is 5. The molecule has 24 nitrogen and oxygen atoms in total. The molecule has 0 bridgehead atoms. The number of nitrogens with zero attached hydrogens (tertiary/aromatic N) is 2. The first-order chi connectivity index (χ1) is 38.9. The molecule has 0 amide bonds. The summed E-state index contributed by atoms with van der Waals surface area (Å²) in [7, 11) is 0. The Morgan fingerprint density at radius 2 is 0.810 bits per heavy atom. The van der Waals surface area contributed by atoms with Crippen LogP contribution < -0.4 is 16.8 Å². The summed E-state index contributed by atoms with van der Waals surface area (Å²) in [6.07, 6.45) is 8.22. The molecule has 0 aliphatic heterocycles. The van der Waals surface area contributed by atoms with E-state index >= 15 is 0 Å². The van der Waals surface area contributed by atoms with Gasteiger partial charge in [0.25, 0.3) is 0 Å². The van der Waals surface area contributed by atoms with Gasteiger partial charge < -0.3 is 102 Å². The molecule has 0 spiro atoms. The van der Waals surface area contributed by atoms with Gasteiger partial charge in [0.2, 0.25) is 5.90 Å². The van der Waals surface area contributed by atoms with Crippen LogP contribution in [0.15, 0.2) is 0 Å². The quantitative estimate of drug-likeness (QED) is 0.0355. The third kappa shape index (κ3) is 42.8. The number of aromatic nitrogens is 2. The lowest BCUT2D eigenvalue weighted by Crippen LogP contribution is -2.29. The second-order valence-electron chi connectivity index (χ2n) is 18.9. The summed E-state index contributed by atoms with van der Waals surface area (Å²) >= 11 is 0. The van der Waals surface area contributed by atoms with E-state index in [1.54, 1.807) is 0 Å². The normalized spacial score (nSPS) is 14.7. The van der Waals surface area contributed by atoms with Gasteiger partial charge in [0.1, 0.15) is 23.0 Å². The average Bonchev–Trinajstić information content (AvgIpc) is 3.96. The lowest BCUT2D eigenvalue weighted by Gasteiger charge is -2.30. The Balaban J connectivity index is 1.21. The van der Waals surface area contributed by atoms with Crippen molar-refractivity contribution in [1.29, 1.82) is 10.8 Å². The van der Waals surface area contributed by atoms with Gasteiger partial charge in [-0.15, -0.1) is 0 Å². The van der Waals surface area contributed by atoms with E-state index in [4.69, 9.17) is 108 Å². The van der Waals surface area contributed by atoms with Crippen molar-refractivity contribution in [3.63, 3.8) is 0 Å². The van der Waals surface area contributed by atoms with Crippen LogP contribution in [0.25, 0.3) is 0 Å². The second-order valence-corrected chi connectivity index (χ2v) is 18.9. The Labute approximate surface area is 473 Å². The molecule has 0 radical (unpaired) electrons. The third-order valence-electron chi connectivity index (χ3n) is 11.9. The van der Waals surface area contributed by atoms with E-state index in [9.17, 15) is 0 Å². The van der Waals surface area contributed by atoms with Gasteiger partial charge in [-0.1, -0.05) is 13.3 Å². The number of aryl methyl sites for hydroxylation is 1. The molecule has 1 aromatic rings. The van der Waals surface area contributed by atoms with Crippen LogP contribution in [-0.2, 0) is 93.5 Å². The van der Waals surface area contributed by atoms with Gasteiger partial charge in [-0.25, -0.2) is 4.98 Å². The number of nitrogens with one attached hydrogen (secondary N) is 3. The predicted molar refractivity (Wildman–Crippen MR) is 300 cm³/mol. The SMILES string of the molecule is CCCCc1nc(C(=N)N)c(C(=N)OC(C)C)n1CC1CCC(CNCCCOCCOCCOCCOCCOCCOCCOCCOCCOCCOCCOCCOCCOCCOCCOCCOCCN)CC1. The minimum atomic E-state index is -0.147. The van der Waals surface area contributed by atoms with E-state index in [2.05, 4.69) is 16.8 Å². The lowest BCUT2D eigenvalue weighted by atomic mass is 9.82. The second kappa shape index (κ2) is 54.7. The van der Waals surface area contributed by atoms with E-state index in [0.717, 1.165) is 64.0 Å². The summed E-state index contributed by atoms with van der Waals surface area (Å²) in [4.78, 5) is 4.74. The number of hydrogen-bond acceptors (Lipinski definition) is 22. The molecule has 464 valence electrons. The fraction of sp³-hybridized carbons (Fsp3) is 0.909. The zero-order valence-corrected chi connectivity index (χ0v) is 48.8. The van der Waals surface area contributed by atoms with Gasteiger partial charge in [-0.3, -0.25) is 10.8 Å². The van der Waals surface area contributed by atoms with Crippen LogP contribution in [0.3, 0.4) is 0 Å². The van der Waals surface area contributed by atoms with Crippen LogP contribution in [0.5, 0.6) is 0 Å². The highest BCUT2D eigenvalue weighted by molar-refractivity contribution is 6.04. The molecule has 0 unspecified atom stereocenters. The van der Waals surface area contributed by atoms with Crippen molar-refractivity contribution < 1.29 is 80.5 Å². The monoisotopic (exact) mass is 1140 g/mol. The first-order valence-corrected chi connectivity index (χ1v) is 29.2. The molecule has 0 saturated heterocycles. The zero-order chi connectivity index (χ0) is 56.7. The maximum atomic E-state index is 8.68. The van der Waals surface area contributed by atoms with Crippen molar-refractivity contribution in [2.45, 2.75) is 84.8 Å². The Morgan fingerprint density at radius 1 is 0.494 bits per heavy atom. The molecule has 1 aliphatic carbocycles. The minimum absolute atomic E-state index is 0.0420. The maximum absolute atomic E-state index is 8.68. The summed E-state index contributed by atoms with van der Waals surface area (Å²) in [6, 6.07) is 0. The smallest absolute Gasteiger partial charge is 0.233 e. The molecule has 1 aliphatic rings. The van der Waals surface area contributed by atoms with Crippen LogP contribution in [0.1, 0.15) is 82.9 Å². The molecule has 1 saturated carbocycles. The number of imidazole rings is 1. The summed E-state index contributed by atoms with van der Waals surface area (Å²) in [5, 5.41) is 20.4. The maximum Gasteiger partial charge on any atom is 0.233 e. The fourth-order valence-corrected chi connectivity index (χ4v) is 7.90. The van der Waals surface area contributed by atoms with Crippen molar-refractivity contribution >= 4 is 11.7 Å². The summed E-state index contributed by atoms with van der Waals surface area (Å²) < 4.78 is 96.2. The Kier molecular flexibility index (Phi) is 50.2. The van der Waals surface area contributed by atoms with Crippen molar-refractivity contribution in [3.8, 4) is 0 Å². The zero-order valence-electron chi connectivity index (χ0n) is 48.8. The van der Waals surface area contributed by atoms with Gasteiger partial charge in [0.05, 0.1) is 211 Å². The molecule has 0 aromatic carbocycles. The fourth-order valence-electron chi connectivity index (χ4n) is 7.90. The number of nitrogen functional groups attached to an aromatic ring is 1. The van der Waals surface area contributed by atoms with Gasteiger partial charge in [-0.2, -0.15) is 0 Å². The molecule has 24 heteroatoms. The largest absolute Gasteiger partial charge is 0.474 e. The number of rotatable bonds is 61. The Morgan fingerprint density at radius 3 is 1.11 bits per heavy atom. The van der Waals surface area contributed by atoms with Crippen LogP contribution in [0.2, 0.25) is 0 Å². The summed E-state index contributed by atoms with van der Waals surface area (Å²) in [5.41, 5.74) is 12.2. The van der Waals surface area contributed by atoms with E-state index in [-0.39, 0.29) is 17.8 Å². The third-order valence-corrected chi connectivity index (χ3v) is 11.9. The summed E-state index contributed by atoms with van der Waals surface area (Å²) in [6.45, 7) is 25.6. The Bertz CT molecular complexity index is 1520. The molecular weight excluding hydrogens is 1030 g/mol. The van der Waals surface area contributed by atoms with E-state index in [1.807, 2.05) is 13.8 Å². The molecule has 1 heterocycles. The van der Waals surface area contributed by atoms with Gasteiger partial charge in [0, 0.05) is 26.1 Å². The molecule has 2 rings (SSSR count). The van der Waals surface area contributed by atoms with E-state index < -0.39 is 0 Å². The van der Waals surface area contributed by atoms with Crippen molar-refractivity contribution in [1.82, 2.24) is 14.9 Å². The highest BCUT2D eigenvalue weighted by Crippen LogP contribution is 2.31. The van der Waals surface area contributed by atoms with E-state index in [1.165, 1.54) is 12.8 Å². The van der Waals surface area contributed by atoms with E-state index in [0.29, 0.717) is 241 Å². The average molecular weight is 1140 g/mol. The minimum Gasteiger partial charge on any atom is -0.474 e. The highest BCUT2D eigenvalue weighted by atomic mass is 16.6. The van der Waals surface area contributed by atoms with Crippen LogP contribution in [0.4, 0.5) is 0 Å². The van der Waals surface area contributed by atoms with Crippen LogP contribution in [0, 0.1) is 22.7 Å².